The van der Waals surface area contributed by atoms with Crippen LogP contribution < -0.4 is 43.0 Å². The normalized spacial score (nSPS) is 29.2. The van der Waals surface area contributed by atoms with Gasteiger partial charge in [-0.25, -0.2) is 15.4 Å². The molecule has 4 amide bonds. The van der Waals surface area contributed by atoms with Crippen LogP contribution in [0.3, 0.4) is 0 Å². The predicted molar refractivity (Wildman–Crippen MR) is 216 cm³/mol. The van der Waals surface area contributed by atoms with E-state index in [-0.39, 0.29) is 24.0 Å². The molecule has 1 aliphatic carbocycles. The smallest absolute Gasteiger partial charge is 0.264 e. The van der Waals surface area contributed by atoms with Crippen LogP contribution in [-0.2, 0) is 23.8 Å². The zero-order chi connectivity index (χ0) is 40.4. The standard InChI is InChI=1S/C40H65N11O7/c1-3-26(4-2)32-23-35(51-34(45-32)12-13-43-51)44-28-9-8-27(22-28)42-24-29-25-49(48-47-29)15-17-57-19-21-58-20-18-56-16-14-41-31-7-5-6-30-37(31)40(55)50(39(30)54)33-10-11-36(52)46-38(33)53/h5-7,26-29,32-35,41-45,47-48H,3-4,8-25H2,1-2H3,(H,46,52,53)/t27-,28-,29?,32?,33?,34?,35?/m0/s1. The van der Waals surface area contributed by atoms with E-state index in [4.69, 9.17) is 14.2 Å². The third-order valence-corrected chi connectivity index (χ3v) is 12.5. The Kier molecular flexibility index (Phi) is 15.5. The largest absolute Gasteiger partial charge is 0.382 e. The Morgan fingerprint density at radius 1 is 0.879 bits per heavy atom. The highest BCUT2D eigenvalue weighted by molar-refractivity contribution is 6.25. The summed E-state index contributed by atoms with van der Waals surface area (Å²) in [5, 5.41) is 21.8. The van der Waals surface area contributed by atoms with Crippen molar-refractivity contribution in [1.82, 2.24) is 52.6 Å². The number of carbonyl (C=O) groups is 4. The number of amides is 4. The highest BCUT2D eigenvalue weighted by atomic mass is 16.5. The van der Waals surface area contributed by atoms with Crippen LogP contribution >= 0.6 is 0 Å². The minimum Gasteiger partial charge on any atom is -0.382 e. The number of hydrogen-bond acceptors (Lipinski definition) is 16. The van der Waals surface area contributed by atoms with Gasteiger partial charge in [0.1, 0.15) is 6.04 Å². The van der Waals surface area contributed by atoms with Crippen molar-refractivity contribution in [2.45, 2.75) is 114 Å². The van der Waals surface area contributed by atoms with Crippen molar-refractivity contribution in [3.63, 3.8) is 0 Å². The van der Waals surface area contributed by atoms with Crippen LogP contribution in [0.5, 0.6) is 0 Å². The summed E-state index contributed by atoms with van der Waals surface area (Å²) in [7, 11) is 0. The third kappa shape index (κ3) is 10.6. The van der Waals surface area contributed by atoms with E-state index in [0.717, 1.165) is 49.8 Å². The molecule has 5 aliphatic heterocycles. The Hall–Kier alpha value is -3.14. The van der Waals surface area contributed by atoms with Gasteiger partial charge in [-0.15, -0.1) is 0 Å². The molecule has 0 aromatic heterocycles. The van der Waals surface area contributed by atoms with Crippen LogP contribution in [0.4, 0.5) is 5.69 Å². The highest BCUT2D eigenvalue weighted by Gasteiger charge is 2.46. The molecule has 0 spiro atoms. The fourth-order valence-electron chi connectivity index (χ4n) is 9.41. The molecule has 7 rings (SSSR count). The van der Waals surface area contributed by atoms with Gasteiger partial charge in [-0.3, -0.25) is 45.5 Å². The number of carbonyl (C=O) groups excluding carboxylic acids is 4. The molecule has 5 unspecified atom stereocenters. The van der Waals surface area contributed by atoms with E-state index in [1.807, 2.05) is 0 Å². The summed E-state index contributed by atoms with van der Waals surface area (Å²) in [6, 6.07) is 5.97. The number of piperidine rings is 1. The number of benzene rings is 1. The van der Waals surface area contributed by atoms with Crippen molar-refractivity contribution in [2.75, 3.05) is 77.7 Å². The molecule has 8 N–H and O–H groups in total. The molecule has 1 aromatic carbocycles. The number of hydrogen-bond donors (Lipinski definition) is 8. The number of anilines is 1. The predicted octanol–water partition coefficient (Wildman–Crippen LogP) is 0.00380. The lowest BCUT2D eigenvalue weighted by atomic mass is 9.89. The van der Waals surface area contributed by atoms with Crippen molar-refractivity contribution < 1.29 is 33.4 Å². The number of nitrogens with one attached hydrogen (secondary N) is 8. The van der Waals surface area contributed by atoms with Gasteiger partial charge in [0.15, 0.2) is 0 Å². The number of hydrazine groups is 3. The fourth-order valence-corrected chi connectivity index (χ4v) is 9.41. The Bertz CT molecular complexity index is 1570. The highest BCUT2D eigenvalue weighted by Crippen LogP contribution is 2.33. The van der Waals surface area contributed by atoms with Crippen LogP contribution in [0, 0.1) is 5.92 Å². The first-order valence-corrected chi connectivity index (χ1v) is 21.7. The monoisotopic (exact) mass is 812 g/mol. The van der Waals surface area contributed by atoms with Crippen LogP contribution in [0.1, 0.15) is 92.4 Å². The van der Waals surface area contributed by atoms with Gasteiger partial charge in [0.25, 0.3) is 11.8 Å². The summed E-state index contributed by atoms with van der Waals surface area (Å²) < 4.78 is 17.1. The molecule has 18 nitrogen and oxygen atoms in total. The first-order valence-electron chi connectivity index (χ1n) is 21.7. The van der Waals surface area contributed by atoms with Gasteiger partial charge in [-0.2, -0.15) is 5.53 Å². The van der Waals surface area contributed by atoms with Crippen LogP contribution in [0.15, 0.2) is 18.2 Å². The second kappa shape index (κ2) is 20.9. The molecule has 4 saturated heterocycles. The van der Waals surface area contributed by atoms with Crippen molar-refractivity contribution in [3.8, 4) is 0 Å². The van der Waals surface area contributed by atoms with E-state index in [9.17, 15) is 19.2 Å². The average Bonchev–Trinajstić information content (AvgIpc) is 4.03. The van der Waals surface area contributed by atoms with E-state index >= 15 is 0 Å². The number of rotatable bonds is 22. The number of nitrogens with zero attached hydrogens (tertiary/aromatic N) is 3. The maximum atomic E-state index is 13.2. The van der Waals surface area contributed by atoms with Gasteiger partial charge in [0.2, 0.25) is 11.8 Å². The molecule has 322 valence electrons. The Balaban J connectivity index is 0.690. The summed E-state index contributed by atoms with van der Waals surface area (Å²) in [6.07, 6.45) is 9.38. The minimum absolute atomic E-state index is 0.0758. The molecular formula is C40H65N11O7. The number of imide groups is 2. The summed E-state index contributed by atoms with van der Waals surface area (Å²) in [6.45, 7) is 11.5. The zero-order valence-electron chi connectivity index (χ0n) is 34.2. The quantitative estimate of drug-likeness (QED) is 0.0575. The minimum atomic E-state index is -1.00. The lowest BCUT2D eigenvalue weighted by Gasteiger charge is -2.45. The molecule has 18 heteroatoms. The molecule has 5 fully saturated rings. The fraction of sp³-hybridized carbons (Fsp3) is 0.750. The van der Waals surface area contributed by atoms with E-state index in [1.54, 1.807) is 18.2 Å². The molecule has 1 saturated carbocycles. The van der Waals surface area contributed by atoms with Gasteiger partial charge < -0.3 is 24.8 Å². The van der Waals surface area contributed by atoms with Crippen LogP contribution in [-0.4, -0.2) is 153 Å². The molecule has 6 aliphatic rings. The van der Waals surface area contributed by atoms with Crippen LogP contribution in [0.2, 0.25) is 0 Å². The number of fused-ring (bicyclic) bond motifs is 2. The van der Waals surface area contributed by atoms with Gasteiger partial charge in [-0.1, -0.05) is 32.8 Å². The molecular weight excluding hydrogens is 747 g/mol. The van der Waals surface area contributed by atoms with E-state index in [1.165, 1.54) is 32.1 Å². The third-order valence-electron chi connectivity index (χ3n) is 12.5. The van der Waals surface area contributed by atoms with E-state index in [2.05, 4.69) is 66.8 Å². The first-order chi connectivity index (χ1) is 28.3. The summed E-state index contributed by atoms with van der Waals surface area (Å²) in [4.78, 5) is 51.1. The molecule has 7 atom stereocenters. The summed E-state index contributed by atoms with van der Waals surface area (Å²) in [5.74, 6) is -1.38. The maximum absolute atomic E-state index is 13.2. The topological polar surface area (TPSA) is 202 Å². The molecule has 1 aromatic rings. The lowest BCUT2D eigenvalue weighted by Crippen LogP contribution is -2.66. The Morgan fingerprint density at radius 3 is 2.45 bits per heavy atom. The van der Waals surface area contributed by atoms with Crippen molar-refractivity contribution in [3.05, 3.63) is 29.3 Å². The van der Waals surface area contributed by atoms with Gasteiger partial charge in [-0.05, 0) is 56.6 Å². The second-order valence-corrected chi connectivity index (χ2v) is 16.3. The van der Waals surface area contributed by atoms with Crippen molar-refractivity contribution in [2.24, 2.45) is 5.92 Å². The Labute approximate surface area is 341 Å². The van der Waals surface area contributed by atoms with Gasteiger partial charge >= 0.3 is 0 Å². The second-order valence-electron chi connectivity index (χ2n) is 16.3. The van der Waals surface area contributed by atoms with Gasteiger partial charge in [0.05, 0.1) is 63.1 Å². The zero-order valence-corrected chi connectivity index (χ0v) is 34.2. The first kappa shape index (κ1) is 43.0. The molecule has 0 bridgehead atoms. The van der Waals surface area contributed by atoms with E-state index < -0.39 is 29.7 Å². The molecule has 58 heavy (non-hydrogen) atoms. The van der Waals surface area contributed by atoms with E-state index in [0.29, 0.717) is 88.4 Å². The SMILES string of the molecule is CCC(CC)C1CC(N[C@H]2CC[C@H](NCC3CN(CCOCCOCCOCCNc4cccc5c4C(=O)N(C4CCC(=O)NC4=O)C5=O)NN3)C2)N2NCCC2N1. The lowest BCUT2D eigenvalue weighted by molar-refractivity contribution is -0.136. The molecule has 0 radical (unpaired) electrons. The molecule has 5 heterocycles. The van der Waals surface area contributed by atoms with Gasteiger partial charge in [0, 0.05) is 69.0 Å². The average molecular weight is 812 g/mol. The maximum Gasteiger partial charge on any atom is 0.264 e. The number of ether oxygens (including phenoxy) is 3. The Morgan fingerprint density at radius 2 is 1.66 bits per heavy atom. The van der Waals surface area contributed by atoms with Crippen molar-refractivity contribution >= 4 is 29.3 Å². The summed E-state index contributed by atoms with van der Waals surface area (Å²) >= 11 is 0. The summed E-state index contributed by atoms with van der Waals surface area (Å²) in [5.41, 5.74) is 11.3. The van der Waals surface area contributed by atoms with Crippen LogP contribution in [0.25, 0.3) is 0 Å². The van der Waals surface area contributed by atoms with Crippen molar-refractivity contribution in [1.29, 1.82) is 0 Å².